The molecule has 1 aliphatic heterocycles. The van der Waals surface area contributed by atoms with Crippen molar-refractivity contribution in [2.75, 3.05) is 18.4 Å². The smallest absolute Gasteiger partial charge is 0.285 e. The van der Waals surface area contributed by atoms with Gasteiger partial charge in [-0.15, -0.1) is 8.75 Å². The van der Waals surface area contributed by atoms with Crippen LogP contribution in [0.25, 0.3) is 0 Å². The number of hydrogen-bond acceptors (Lipinski definition) is 8. The van der Waals surface area contributed by atoms with Crippen LogP contribution in [0.5, 0.6) is 5.75 Å². The minimum absolute atomic E-state index is 0.0159. The molecule has 196 valence electrons. The zero-order chi connectivity index (χ0) is 26.3. The molecule has 3 heterocycles. The van der Waals surface area contributed by atoms with Gasteiger partial charge in [-0.25, -0.2) is 8.42 Å². The zero-order valence-electron chi connectivity index (χ0n) is 21.1. The Kier molecular flexibility index (Phi) is 7.68. The second-order valence-corrected chi connectivity index (χ2v) is 13.3. The Morgan fingerprint density at radius 3 is 2.53 bits per heavy atom. The fourth-order valence-corrected chi connectivity index (χ4v) is 6.81. The van der Waals surface area contributed by atoms with Gasteiger partial charge in [0.25, 0.3) is 5.82 Å². The van der Waals surface area contributed by atoms with E-state index < -0.39 is 15.8 Å². The van der Waals surface area contributed by atoms with Crippen molar-refractivity contribution >= 4 is 50.7 Å². The molecule has 0 saturated carbocycles. The first-order valence-electron chi connectivity index (χ1n) is 11.9. The second kappa shape index (κ2) is 10.3. The number of quaternary nitrogens is 1. The number of benzene rings is 1. The van der Waals surface area contributed by atoms with E-state index in [0.29, 0.717) is 36.3 Å². The largest absolute Gasteiger partial charge is 0.502 e. The molecule has 1 unspecified atom stereocenters. The maximum atomic E-state index is 13.2. The average molecular weight is 555 g/mol. The lowest BCUT2D eigenvalue weighted by Crippen LogP contribution is -2.71. The van der Waals surface area contributed by atoms with Gasteiger partial charge in [-0.3, -0.25) is 5.32 Å². The van der Waals surface area contributed by atoms with E-state index in [9.17, 15) is 13.5 Å². The van der Waals surface area contributed by atoms with Gasteiger partial charge in [0.1, 0.15) is 10.7 Å². The number of phenolic OH excluding ortho intramolecular Hbond substituents is 1. The summed E-state index contributed by atoms with van der Waals surface area (Å²) in [6.45, 7) is 11.4. The highest BCUT2D eigenvalue weighted by Gasteiger charge is 2.35. The molecule has 12 heteroatoms. The number of sulfonamides is 1. The van der Waals surface area contributed by atoms with Crippen LogP contribution in [0.2, 0.25) is 5.02 Å². The van der Waals surface area contributed by atoms with Crippen molar-refractivity contribution in [1.29, 1.82) is 0 Å². The molecule has 9 nitrogen and oxygen atoms in total. The van der Waals surface area contributed by atoms with Crippen molar-refractivity contribution in [3.63, 3.8) is 0 Å². The molecule has 1 atom stereocenters. The average Bonchev–Trinajstić information content (AvgIpc) is 3.55. The molecule has 0 bridgehead atoms. The van der Waals surface area contributed by atoms with E-state index in [1.165, 1.54) is 10.4 Å². The maximum absolute atomic E-state index is 13.2. The SMILES string of the molecule is CC(C)c1coc(C(Nc2nsnc2[NH2+]c2ccc(Cl)c(S(=O)(=O)N3CCCC3)c2O)C(C)(C)C)c1. The van der Waals surface area contributed by atoms with Crippen LogP contribution in [0.3, 0.4) is 0 Å². The first-order valence-corrected chi connectivity index (χ1v) is 14.5. The highest BCUT2D eigenvalue weighted by molar-refractivity contribution is 7.89. The molecule has 0 aliphatic carbocycles. The minimum atomic E-state index is -3.92. The number of phenols is 1. The molecule has 4 rings (SSSR count). The van der Waals surface area contributed by atoms with Crippen molar-refractivity contribution < 1.29 is 23.3 Å². The van der Waals surface area contributed by atoms with Gasteiger partial charge in [0.15, 0.2) is 11.4 Å². The van der Waals surface area contributed by atoms with Gasteiger partial charge in [0.2, 0.25) is 15.8 Å². The predicted octanol–water partition coefficient (Wildman–Crippen LogP) is 5.12. The Balaban J connectivity index is 1.64. The molecule has 3 aromatic rings. The first-order chi connectivity index (χ1) is 16.9. The maximum Gasteiger partial charge on any atom is 0.285 e. The third kappa shape index (κ3) is 5.40. The lowest BCUT2D eigenvalue weighted by Gasteiger charge is -2.29. The summed E-state index contributed by atoms with van der Waals surface area (Å²) in [4.78, 5) is -0.276. The molecular formula is C24H33ClN5O4S2+. The second-order valence-electron chi connectivity index (χ2n) is 10.4. The summed E-state index contributed by atoms with van der Waals surface area (Å²) in [6, 6.07) is 4.91. The van der Waals surface area contributed by atoms with Crippen LogP contribution in [0.15, 0.2) is 33.8 Å². The Morgan fingerprint density at radius 1 is 1.22 bits per heavy atom. The lowest BCUT2D eigenvalue weighted by molar-refractivity contribution is -0.482. The summed E-state index contributed by atoms with van der Waals surface area (Å²) in [5.41, 5.74) is 1.19. The van der Waals surface area contributed by atoms with E-state index in [-0.39, 0.29) is 21.4 Å². The topological polar surface area (TPSA) is 125 Å². The molecule has 4 N–H and O–H groups in total. The van der Waals surface area contributed by atoms with Crippen molar-refractivity contribution in [3.05, 3.63) is 40.8 Å². The van der Waals surface area contributed by atoms with Crippen LogP contribution >= 0.6 is 23.3 Å². The van der Waals surface area contributed by atoms with Crippen LogP contribution < -0.4 is 10.6 Å². The van der Waals surface area contributed by atoms with Crippen molar-refractivity contribution in [2.24, 2.45) is 5.41 Å². The lowest BCUT2D eigenvalue weighted by atomic mass is 9.85. The molecule has 1 aromatic carbocycles. The van der Waals surface area contributed by atoms with E-state index in [0.717, 1.165) is 35.9 Å². The summed E-state index contributed by atoms with van der Waals surface area (Å²) in [7, 11) is -3.92. The summed E-state index contributed by atoms with van der Waals surface area (Å²) in [5.74, 6) is 1.73. The van der Waals surface area contributed by atoms with Crippen LogP contribution in [0.1, 0.15) is 70.7 Å². The number of nitrogens with one attached hydrogen (secondary N) is 1. The molecule has 0 spiro atoms. The monoisotopic (exact) mass is 554 g/mol. The van der Waals surface area contributed by atoms with Gasteiger partial charge in [-0.05, 0) is 41.9 Å². The normalized spacial score (nSPS) is 16.1. The molecular weight excluding hydrogens is 522 g/mol. The minimum Gasteiger partial charge on any atom is -0.502 e. The molecule has 1 fully saturated rings. The van der Waals surface area contributed by atoms with E-state index in [4.69, 9.17) is 16.0 Å². The number of anilines is 1. The molecule has 0 radical (unpaired) electrons. The van der Waals surface area contributed by atoms with Crippen LogP contribution in [0, 0.1) is 5.41 Å². The zero-order valence-corrected chi connectivity index (χ0v) is 23.5. The van der Waals surface area contributed by atoms with Crippen molar-refractivity contribution in [3.8, 4) is 5.75 Å². The number of furan rings is 1. The fourth-order valence-electron chi connectivity index (χ4n) is 4.19. The van der Waals surface area contributed by atoms with E-state index in [2.05, 4.69) is 54.7 Å². The van der Waals surface area contributed by atoms with Gasteiger partial charge >= 0.3 is 0 Å². The van der Waals surface area contributed by atoms with Crippen LogP contribution in [-0.4, -0.2) is 39.7 Å². The summed E-state index contributed by atoms with van der Waals surface area (Å²) in [6.07, 6.45) is 3.35. The Morgan fingerprint density at radius 2 is 1.92 bits per heavy atom. The number of nitrogens with two attached hydrogens (primary N) is 1. The third-order valence-corrected chi connectivity index (χ3v) is 9.27. The number of nitrogens with zero attached hydrogens (tertiary/aromatic N) is 3. The quantitative estimate of drug-likeness (QED) is 0.260. The number of aromatic nitrogens is 2. The Hall–Kier alpha value is -2.18. The standard InChI is InChI=1S/C24H32ClN5O4S2/c1-14(2)15-12-18(34-13-15)21(24(3,4)5)27-23-22(28-35-29-23)26-17-9-8-16(25)20(19(17)31)36(32,33)30-10-6-7-11-30/h8-9,12-14,21,31H,6-7,10-11H2,1-5H3,(H,26,28)(H,27,29)/p+1. The van der Waals surface area contributed by atoms with Crippen LogP contribution in [0.4, 0.5) is 17.3 Å². The predicted molar refractivity (Wildman–Crippen MR) is 141 cm³/mol. The molecule has 36 heavy (non-hydrogen) atoms. The van der Waals surface area contributed by atoms with Crippen molar-refractivity contribution in [1.82, 2.24) is 13.1 Å². The summed E-state index contributed by atoms with van der Waals surface area (Å²) in [5, 5.41) is 16.0. The van der Waals surface area contributed by atoms with Gasteiger partial charge in [0.05, 0.1) is 29.1 Å². The van der Waals surface area contributed by atoms with Gasteiger partial charge in [0, 0.05) is 19.2 Å². The highest BCUT2D eigenvalue weighted by Crippen LogP contribution is 2.40. The fraction of sp³-hybridized carbons (Fsp3) is 0.500. The van der Waals surface area contributed by atoms with Crippen LogP contribution in [-0.2, 0) is 10.0 Å². The third-order valence-electron chi connectivity index (χ3n) is 6.32. The van der Waals surface area contributed by atoms with E-state index in [1.54, 1.807) is 17.6 Å². The Labute approximate surface area is 221 Å². The first kappa shape index (κ1) is 26.9. The van der Waals surface area contributed by atoms with Gasteiger partial charge in [-0.2, -0.15) is 4.31 Å². The number of aromatic hydroxyl groups is 1. The highest BCUT2D eigenvalue weighted by atomic mass is 35.5. The summed E-state index contributed by atoms with van der Waals surface area (Å²) >= 11 is 7.28. The summed E-state index contributed by atoms with van der Waals surface area (Å²) < 4.78 is 42.4. The van der Waals surface area contributed by atoms with E-state index in [1.807, 2.05) is 0 Å². The number of rotatable bonds is 8. The van der Waals surface area contributed by atoms with Crippen molar-refractivity contribution in [2.45, 2.75) is 64.3 Å². The van der Waals surface area contributed by atoms with E-state index >= 15 is 0 Å². The van der Waals surface area contributed by atoms with Gasteiger partial charge < -0.3 is 14.8 Å². The number of halogens is 1. The molecule has 1 aliphatic rings. The Bertz CT molecular complexity index is 1320. The van der Waals surface area contributed by atoms with Gasteiger partial charge in [-0.1, -0.05) is 46.2 Å². The molecule has 1 saturated heterocycles. The number of hydrogen-bond donors (Lipinski definition) is 3. The molecule has 0 amide bonds. The molecule has 2 aromatic heterocycles.